The summed E-state index contributed by atoms with van der Waals surface area (Å²) in [4.78, 5) is 11.2. The van der Waals surface area contributed by atoms with E-state index < -0.39 is 0 Å². The van der Waals surface area contributed by atoms with E-state index in [-0.39, 0.29) is 11.2 Å². The third kappa shape index (κ3) is 1.50. The average Bonchev–Trinajstić information content (AvgIpc) is 1.82. The number of carbonyl (C=O) groups excluding carboxylic acids is 1. The van der Waals surface area contributed by atoms with Crippen LogP contribution < -0.4 is 0 Å². The Balaban J connectivity index is 3.14. The first-order valence-electron chi connectivity index (χ1n) is 4.35. The summed E-state index contributed by atoms with van der Waals surface area (Å²) in [7, 11) is 0. The van der Waals surface area contributed by atoms with E-state index in [4.69, 9.17) is 0 Å². The highest BCUT2D eigenvalue weighted by atomic mass is 16.1. The van der Waals surface area contributed by atoms with Gasteiger partial charge in [-0.05, 0) is 36.5 Å². The lowest BCUT2D eigenvalue weighted by Crippen LogP contribution is -2.24. The zero-order valence-electron chi connectivity index (χ0n) is 8.27. The van der Waals surface area contributed by atoms with E-state index in [0.717, 1.165) is 5.57 Å². The molecule has 0 unspecified atom stereocenters. The molecule has 1 nitrogen and oxygen atoms in total. The summed E-state index contributed by atoms with van der Waals surface area (Å²) in [6, 6.07) is 0. The zero-order chi connectivity index (χ0) is 9.35. The van der Waals surface area contributed by atoms with Gasteiger partial charge >= 0.3 is 0 Å². The van der Waals surface area contributed by atoms with Gasteiger partial charge in [0.1, 0.15) is 0 Å². The second-order valence-electron chi connectivity index (χ2n) is 4.06. The fraction of sp³-hybridized carbons (Fsp3) is 0.545. The van der Waals surface area contributed by atoms with Crippen LogP contribution in [0.3, 0.4) is 0 Å². The molecule has 66 valence electrons. The smallest absolute Gasteiger partial charge is 0.156 e. The molecule has 0 N–H and O–H groups in total. The standard InChI is InChI=1S/C11H16O/c1-5-10-8(2)6-9(12)7-11(10,3)4/h5-6H,7H2,1-4H3/b10-5-. The molecule has 12 heavy (non-hydrogen) atoms. The van der Waals surface area contributed by atoms with Gasteiger partial charge < -0.3 is 0 Å². The van der Waals surface area contributed by atoms with E-state index in [1.54, 1.807) is 6.08 Å². The molecule has 0 saturated heterocycles. The van der Waals surface area contributed by atoms with Crippen LogP contribution in [0.4, 0.5) is 0 Å². The summed E-state index contributed by atoms with van der Waals surface area (Å²) in [5.74, 6) is 0.253. The third-order valence-electron chi connectivity index (χ3n) is 2.44. The lowest BCUT2D eigenvalue weighted by atomic mass is 9.73. The lowest BCUT2D eigenvalue weighted by Gasteiger charge is -2.31. The van der Waals surface area contributed by atoms with Crippen molar-refractivity contribution in [3.63, 3.8) is 0 Å². The Hall–Kier alpha value is -0.850. The Bertz CT molecular complexity index is 267. The highest BCUT2D eigenvalue weighted by Gasteiger charge is 2.29. The molecule has 0 heterocycles. The summed E-state index contributed by atoms with van der Waals surface area (Å²) in [6.07, 6.45) is 4.50. The number of hydrogen-bond acceptors (Lipinski definition) is 1. The first kappa shape index (κ1) is 9.24. The maximum atomic E-state index is 11.2. The van der Waals surface area contributed by atoms with E-state index in [1.165, 1.54) is 5.57 Å². The Kier molecular flexibility index (Phi) is 2.22. The number of allylic oxidation sites excluding steroid dienone is 4. The van der Waals surface area contributed by atoms with E-state index in [2.05, 4.69) is 19.9 Å². The van der Waals surface area contributed by atoms with E-state index in [0.29, 0.717) is 6.42 Å². The first-order chi connectivity index (χ1) is 5.47. The van der Waals surface area contributed by atoms with Gasteiger partial charge in [0.2, 0.25) is 0 Å². The van der Waals surface area contributed by atoms with Crippen molar-refractivity contribution in [3.8, 4) is 0 Å². The molecule has 0 radical (unpaired) electrons. The first-order valence-corrected chi connectivity index (χ1v) is 4.35. The fourth-order valence-corrected chi connectivity index (χ4v) is 2.05. The monoisotopic (exact) mass is 164 g/mol. The van der Waals surface area contributed by atoms with E-state index in [1.807, 2.05) is 13.8 Å². The van der Waals surface area contributed by atoms with Crippen LogP contribution in [-0.2, 0) is 4.79 Å². The Morgan fingerprint density at radius 1 is 1.50 bits per heavy atom. The van der Waals surface area contributed by atoms with Crippen molar-refractivity contribution in [2.75, 3.05) is 0 Å². The normalized spacial score (nSPS) is 25.8. The molecule has 1 aliphatic carbocycles. The summed E-state index contributed by atoms with van der Waals surface area (Å²) in [5.41, 5.74) is 2.46. The molecule has 0 aromatic rings. The zero-order valence-corrected chi connectivity index (χ0v) is 8.27. The fourth-order valence-electron chi connectivity index (χ4n) is 2.05. The molecule has 0 amide bonds. The molecule has 0 aliphatic heterocycles. The molecule has 0 spiro atoms. The number of carbonyl (C=O) groups is 1. The summed E-state index contributed by atoms with van der Waals surface area (Å²) < 4.78 is 0. The van der Waals surface area contributed by atoms with Crippen LogP contribution in [-0.4, -0.2) is 5.78 Å². The van der Waals surface area contributed by atoms with Crippen molar-refractivity contribution < 1.29 is 4.79 Å². The summed E-state index contributed by atoms with van der Waals surface area (Å²) in [6.45, 7) is 8.28. The molecule has 0 atom stereocenters. The largest absolute Gasteiger partial charge is 0.295 e. The minimum Gasteiger partial charge on any atom is -0.295 e. The topological polar surface area (TPSA) is 17.1 Å². The maximum Gasteiger partial charge on any atom is 0.156 e. The van der Waals surface area contributed by atoms with Gasteiger partial charge in [-0.15, -0.1) is 0 Å². The van der Waals surface area contributed by atoms with Crippen LogP contribution in [0.15, 0.2) is 23.3 Å². The van der Waals surface area contributed by atoms with Crippen LogP contribution >= 0.6 is 0 Å². The van der Waals surface area contributed by atoms with Crippen molar-refractivity contribution in [2.45, 2.75) is 34.1 Å². The molecule has 1 rings (SSSR count). The SMILES string of the molecule is C/C=C1/C(C)=CC(=O)CC1(C)C. The molecule has 0 aromatic carbocycles. The van der Waals surface area contributed by atoms with Gasteiger partial charge in [0.25, 0.3) is 0 Å². The summed E-state index contributed by atoms with van der Waals surface area (Å²) >= 11 is 0. The molecular formula is C11H16O. The quantitative estimate of drug-likeness (QED) is 0.538. The van der Waals surface area contributed by atoms with Gasteiger partial charge in [0, 0.05) is 6.42 Å². The van der Waals surface area contributed by atoms with E-state index >= 15 is 0 Å². The van der Waals surface area contributed by atoms with Crippen LogP contribution in [0, 0.1) is 5.41 Å². The maximum absolute atomic E-state index is 11.2. The van der Waals surface area contributed by atoms with Gasteiger partial charge in [-0.1, -0.05) is 19.9 Å². The van der Waals surface area contributed by atoms with Crippen molar-refractivity contribution in [1.29, 1.82) is 0 Å². The van der Waals surface area contributed by atoms with Crippen molar-refractivity contribution in [3.05, 3.63) is 23.3 Å². The molecular weight excluding hydrogens is 148 g/mol. The molecule has 0 fully saturated rings. The van der Waals surface area contributed by atoms with Crippen molar-refractivity contribution >= 4 is 5.78 Å². The van der Waals surface area contributed by atoms with Crippen molar-refractivity contribution in [2.24, 2.45) is 5.41 Å². The third-order valence-corrected chi connectivity index (χ3v) is 2.44. The number of ketones is 1. The van der Waals surface area contributed by atoms with Crippen LogP contribution in [0.25, 0.3) is 0 Å². The Labute approximate surface area is 74.2 Å². The minimum atomic E-state index is 0.0324. The predicted molar refractivity (Wildman–Crippen MR) is 50.9 cm³/mol. The van der Waals surface area contributed by atoms with E-state index in [9.17, 15) is 4.79 Å². The molecule has 1 heteroatoms. The highest BCUT2D eigenvalue weighted by Crippen LogP contribution is 2.38. The molecule has 0 aromatic heterocycles. The van der Waals surface area contributed by atoms with Crippen LogP contribution in [0.1, 0.15) is 34.1 Å². The second-order valence-corrected chi connectivity index (χ2v) is 4.06. The molecule has 0 bridgehead atoms. The number of hydrogen-bond donors (Lipinski definition) is 0. The Morgan fingerprint density at radius 2 is 2.08 bits per heavy atom. The van der Waals surface area contributed by atoms with Gasteiger partial charge in [0.15, 0.2) is 5.78 Å². The van der Waals surface area contributed by atoms with Gasteiger partial charge in [0.05, 0.1) is 0 Å². The van der Waals surface area contributed by atoms with Gasteiger partial charge in [-0.25, -0.2) is 0 Å². The van der Waals surface area contributed by atoms with Crippen LogP contribution in [0.2, 0.25) is 0 Å². The minimum absolute atomic E-state index is 0.0324. The van der Waals surface area contributed by atoms with Crippen molar-refractivity contribution in [1.82, 2.24) is 0 Å². The highest BCUT2D eigenvalue weighted by molar-refractivity contribution is 5.93. The van der Waals surface area contributed by atoms with Gasteiger partial charge in [-0.2, -0.15) is 0 Å². The Morgan fingerprint density at radius 3 is 2.50 bits per heavy atom. The predicted octanol–water partition coefficient (Wildman–Crippen LogP) is 2.88. The average molecular weight is 164 g/mol. The lowest BCUT2D eigenvalue weighted by molar-refractivity contribution is -0.116. The van der Waals surface area contributed by atoms with Crippen LogP contribution in [0.5, 0.6) is 0 Å². The summed E-state index contributed by atoms with van der Waals surface area (Å²) in [5, 5.41) is 0. The second kappa shape index (κ2) is 2.89. The molecule has 0 saturated carbocycles. The van der Waals surface area contributed by atoms with Gasteiger partial charge in [-0.3, -0.25) is 4.79 Å². The number of rotatable bonds is 0. The molecule has 1 aliphatic rings.